The van der Waals surface area contributed by atoms with Crippen LogP contribution in [0.1, 0.15) is 194 Å². The third kappa shape index (κ3) is 27.1. The first kappa shape index (κ1) is 53.6. The summed E-state index contributed by atoms with van der Waals surface area (Å²) in [4.78, 5) is 35.6. The van der Waals surface area contributed by atoms with Gasteiger partial charge in [0.25, 0.3) is 0 Å². The number of aliphatic hydroxyl groups excluding tert-OH is 5. The molecule has 0 radical (unpaired) electrons. The lowest BCUT2D eigenvalue weighted by atomic mass is 9.85. The van der Waals surface area contributed by atoms with E-state index in [0.717, 1.165) is 57.8 Å². The van der Waals surface area contributed by atoms with E-state index in [2.05, 4.69) is 26.0 Å². The van der Waals surface area contributed by atoms with Crippen LogP contribution in [-0.4, -0.2) is 98.3 Å². The summed E-state index contributed by atoms with van der Waals surface area (Å²) in [7, 11) is -5.11. The highest BCUT2D eigenvalue weighted by Gasteiger charge is 2.51. The van der Waals surface area contributed by atoms with Crippen molar-refractivity contribution in [3.63, 3.8) is 0 Å². The molecule has 0 aromatic heterocycles. The van der Waals surface area contributed by atoms with Gasteiger partial charge in [0, 0.05) is 12.8 Å². The van der Waals surface area contributed by atoms with Gasteiger partial charge >= 0.3 is 19.8 Å². The van der Waals surface area contributed by atoms with Crippen molar-refractivity contribution in [2.24, 2.45) is 0 Å². The number of hydrogen-bond acceptors (Lipinski definition) is 12. The van der Waals surface area contributed by atoms with Gasteiger partial charge in [0.05, 0.1) is 6.61 Å². The fourth-order valence-corrected chi connectivity index (χ4v) is 7.90. The number of aliphatic hydroxyl groups is 5. The minimum absolute atomic E-state index is 0.0907. The van der Waals surface area contributed by atoms with Gasteiger partial charge in [-0.2, -0.15) is 0 Å². The number of carbonyl (C=O) groups is 2. The Morgan fingerprint density at radius 3 is 1.33 bits per heavy atom. The van der Waals surface area contributed by atoms with Gasteiger partial charge in [-0.25, -0.2) is 4.57 Å². The van der Waals surface area contributed by atoms with Crippen LogP contribution >= 0.6 is 7.82 Å². The van der Waals surface area contributed by atoms with E-state index in [1.54, 1.807) is 0 Å². The summed E-state index contributed by atoms with van der Waals surface area (Å²) in [5.41, 5.74) is 0. The van der Waals surface area contributed by atoms with Crippen LogP contribution in [0, 0.1) is 0 Å². The molecule has 0 aromatic carbocycles. The Balaban J connectivity index is 2.48. The SMILES string of the molecule is CCCCCCCC/C=C/CCCCCCCC(=O)O[C@H](COC(=O)CCCCCCCCCCCCCCC)COP(=O)(O)OC1[C@H](O)[C@H](O)C(O)[C@H](O)[C@H]1O. The van der Waals surface area contributed by atoms with Gasteiger partial charge in [0.2, 0.25) is 0 Å². The van der Waals surface area contributed by atoms with E-state index in [4.69, 9.17) is 18.5 Å². The average molecular weight is 837 g/mol. The molecule has 0 aliphatic heterocycles. The standard InChI is InChI=1S/C43H81O13P/c1-3-5-7-9-11-13-15-17-18-20-22-24-26-28-30-32-37(45)55-35(34-54-57(51,52)56-43-41(49)39(47)38(46)40(48)42(43)50)33-53-36(44)31-29-27-25-23-21-19-16-14-12-10-8-6-4-2/h17-18,35,38-43,46-50H,3-16,19-34H2,1-2H3,(H,51,52)/b18-17+/t35-,38?,39-,40+,41-,42-,43?/m1/s1. The predicted octanol–water partition coefficient (Wildman–Crippen LogP) is 8.28. The largest absolute Gasteiger partial charge is 0.472 e. The minimum Gasteiger partial charge on any atom is -0.462 e. The lowest BCUT2D eigenvalue weighted by molar-refractivity contribution is -0.220. The van der Waals surface area contributed by atoms with Crippen LogP contribution in [0.4, 0.5) is 0 Å². The highest BCUT2D eigenvalue weighted by Crippen LogP contribution is 2.47. The molecule has 3 unspecified atom stereocenters. The van der Waals surface area contributed by atoms with Crippen molar-refractivity contribution in [3.05, 3.63) is 12.2 Å². The van der Waals surface area contributed by atoms with Crippen LogP contribution in [-0.2, 0) is 32.7 Å². The maximum absolute atomic E-state index is 12.8. The molecule has 57 heavy (non-hydrogen) atoms. The van der Waals surface area contributed by atoms with Crippen molar-refractivity contribution < 1.29 is 63.1 Å². The van der Waals surface area contributed by atoms with Crippen molar-refractivity contribution in [3.8, 4) is 0 Å². The van der Waals surface area contributed by atoms with Crippen LogP contribution in [0.2, 0.25) is 0 Å². The molecular weight excluding hydrogens is 755 g/mol. The maximum atomic E-state index is 12.8. The van der Waals surface area contributed by atoms with E-state index in [9.17, 15) is 44.6 Å². The number of ether oxygens (including phenoxy) is 2. The van der Waals surface area contributed by atoms with Gasteiger partial charge in [-0.15, -0.1) is 0 Å². The minimum atomic E-state index is -5.11. The third-order valence-corrected chi connectivity index (χ3v) is 11.6. The van der Waals surface area contributed by atoms with Crippen molar-refractivity contribution in [1.82, 2.24) is 0 Å². The van der Waals surface area contributed by atoms with Crippen molar-refractivity contribution in [1.29, 1.82) is 0 Å². The average Bonchev–Trinajstić information content (AvgIpc) is 3.19. The quantitative estimate of drug-likeness (QED) is 0.0151. The summed E-state index contributed by atoms with van der Waals surface area (Å²) in [5.74, 6) is -1.10. The summed E-state index contributed by atoms with van der Waals surface area (Å²) in [5, 5.41) is 50.1. The number of unbranched alkanes of at least 4 members (excludes halogenated alkanes) is 23. The van der Waals surface area contributed by atoms with Gasteiger partial charge < -0.3 is 39.9 Å². The molecule has 0 heterocycles. The zero-order chi connectivity index (χ0) is 42.2. The van der Waals surface area contributed by atoms with Crippen LogP contribution < -0.4 is 0 Å². The second kappa shape index (κ2) is 34.3. The molecule has 8 atom stereocenters. The predicted molar refractivity (Wildman–Crippen MR) is 221 cm³/mol. The molecule has 0 bridgehead atoms. The van der Waals surface area contributed by atoms with Crippen LogP contribution in [0.25, 0.3) is 0 Å². The summed E-state index contributed by atoms with van der Waals surface area (Å²) < 4.78 is 33.5. The molecule has 13 nitrogen and oxygen atoms in total. The second-order valence-electron chi connectivity index (χ2n) is 15.9. The fraction of sp³-hybridized carbons (Fsp3) is 0.907. The Bertz CT molecular complexity index is 1060. The first-order valence-electron chi connectivity index (χ1n) is 22.5. The molecule has 6 N–H and O–H groups in total. The summed E-state index contributed by atoms with van der Waals surface area (Å²) >= 11 is 0. The third-order valence-electron chi connectivity index (χ3n) is 10.6. The maximum Gasteiger partial charge on any atom is 0.472 e. The van der Waals surface area contributed by atoms with Crippen molar-refractivity contribution in [2.45, 2.75) is 236 Å². The van der Waals surface area contributed by atoms with Crippen molar-refractivity contribution in [2.75, 3.05) is 13.2 Å². The smallest absolute Gasteiger partial charge is 0.462 e. The molecule has 0 saturated heterocycles. The Morgan fingerprint density at radius 2 is 0.895 bits per heavy atom. The second-order valence-corrected chi connectivity index (χ2v) is 17.3. The highest BCUT2D eigenvalue weighted by molar-refractivity contribution is 7.47. The lowest BCUT2D eigenvalue weighted by Gasteiger charge is -2.41. The Hall–Kier alpha value is -1.41. The Kier molecular flexibility index (Phi) is 32.3. The van der Waals surface area contributed by atoms with E-state index in [-0.39, 0.29) is 12.8 Å². The Labute approximate surface area is 343 Å². The topological polar surface area (TPSA) is 210 Å². The molecule has 14 heteroatoms. The molecule has 336 valence electrons. The van der Waals surface area contributed by atoms with Gasteiger partial charge in [-0.3, -0.25) is 18.6 Å². The number of phosphoric acid groups is 1. The lowest BCUT2D eigenvalue weighted by Crippen LogP contribution is -2.64. The van der Waals surface area contributed by atoms with Gasteiger partial charge in [-0.1, -0.05) is 154 Å². The van der Waals surface area contributed by atoms with E-state index in [0.29, 0.717) is 12.8 Å². The van der Waals surface area contributed by atoms with Crippen LogP contribution in [0.3, 0.4) is 0 Å². The number of allylic oxidation sites excluding steroid dienone is 2. The molecular formula is C43H81O13P. The molecule has 0 amide bonds. The van der Waals surface area contributed by atoms with Gasteiger partial charge in [-0.05, 0) is 38.5 Å². The molecule has 1 rings (SSSR count). The number of phosphoric ester groups is 1. The van der Waals surface area contributed by atoms with E-state index in [1.807, 2.05) is 0 Å². The van der Waals surface area contributed by atoms with E-state index in [1.165, 1.54) is 96.3 Å². The molecule has 0 aromatic rings. The van der Waals surface area contributed by atoms with E-state index < -0.39 is 75.7 Å². The summed E-state index contributed by atoms with van der Waals surface area (Å²) in [6.07, 6.45) is 21.2. The molecule has 0 spiro atoms. The molecule has 1 aliphatic carbocycles. The number of esters is 2. The highest BCUT2D eigenvalue weighted by atomic mass is 31.2. The Morgan fingerprint density at radius 1 is 0.526 bits per heavy atom. The normalized spacial score (nSPS) is 22.7. The fourth-order valence-electron chi connectivity index (χ4n) is 6.93. The number of hydrogen-bond donors (Lipinski definition) is 6. The first-order valence-corrected chi connectivity index (χ1v) is 24.0. The van der Waals surface area contributed by atoms with Crippen LogP contribution in [0.5, 0.6) is 0 Å². The molecule has 1 aliphatic rings. The zero-order valence-corrected chi connectivity index (χ0v) is 36.3. The molecule has 1 saturated carbocycles. The summed E-state index contributed by atoms with van der Waals surface area (Å²) in [6.45, 7) is 3.29. The first-order chi connectivity index (χ1) is 27.4. The van der Waals surface area contributed by atoms with Gasteiger partial charge in [0.15, 0.2) is 6.10 Å². The number of rotatable bonds is 37. The molecule has 1 fully saturated rings. The zero-order valence-electron chi connectivity index (χ0n) is 35.4. The van der Waals surface area contributed by atoms with E-state index >= 15 is 0 Å². The van der Waals surface area contributed by atoms with Crippen LogP contribution in [0.15, 0.2) is 12.2 Å². The summed E-state index contributed by atoms with van der Waals surface area (Å²) in [6, 6.07) is 0. The monoisotopic (exact) mass is 837 g/mol. The van der Waals surface area contributed by atoms with Crippen molar-refractivity contribution >= 4 is 19.8 Å². The van der Waals surface area contributed by atoms with Gasteiger partial charge in [0.1, 0.15) is 43.2 Å². The number of carbonyl (C=O) groups excluding carboxylic acids is 2.